The largest absolute Gasteiger partial charge is 0.493 e. The molecule has 0 unspecified atom stereocenters. The third kappa shape index (κ3) is 7.20. The zero-order valence-corrected chi connectivity index (χ0v) is 23.4. The molecule has 13 heteroatoms. The number of rotatable bonds is 11. The van der Waals surface area contributed by atoms with Crippen LogP contribution in [0.3, 0.4) is 0 Å². The fourth-order valence-electron chi connectivity index (χ4n) is 4.54. The monoisotopic (exact) mass is 570 g/mol. The molecule has 2 amide bonds. The van der Waals surface area contributed by atoms with Gasteiger partial charge in [0.15, 0.2) is 0 Å². The van der Waals surface area contributed by atoms with Crippen molar-refractivity contribution in [1.82, 2.24) is 30.0 Å². The lowest BCUT2D eigenvalue weighted by Crippen LogP contribution is -2.62. The molecule has 0 bridgehead atoms. The maximum atomic E-state index is 13.2. The molecular weight excluding hydrogens is 536 g/mol. The van der Waals surface area contributed by atoms with E-state index in [0.29, 0.717) is 30.7 Å². The van der Waals surface area contributed by atoms with Crippen molar-refractivity contribution in [1.29, 1.82) is 0 Å². The maximum Gasteiger partial charge on any atom is 0.339 e. The van der Waals surface area contributed by atoms with Gasteiger partial charge in [-0.25, -0.2) is 14.2 Å². The first-order valence-corrected chi connectivity index (χ1v) is 14.4. The van der Waals surface area contributed by atoms with Gasteiger partial charge in [0.2, 0.25) is 11.7 Å². The molecule has 3 N–H and O–H groups in total. The Morgan fingerprint density at radius 3 is 2.52 bits per heavy atom. The normalized spacial score (nSPS) is 14.7. The number of carbonyl (C=O) groups excluding carboxylic acids is 3. The minimum atomic E-state index is -1.02. The lowest BCUT2D eigenvalue weighted by Gasteiger charge is -2.38. The van der Waals surface area contributed by atoms with Gasteiger partial charge in [0.25, 0.3) is 17.0 Å². The second-order valence-corrected chi connectivity index (χ2v) is 11.3. The van der Waals surface area contributed by atoms with E-state index in [-0.39, 0.29) is 41.0 Å². The lowest BCUT2D eigenvalue weighted by atomic mass is 9.88. The maximum absolute atomic E-state index is 13.2. The molecule has 0 radical (unpaired) electrons. The summed E-state index contributed by atoms with van der Waals surface area (Å²) >= 11 is 1.12. The summed E-state index contributed by atoms with van der Waals surface area (Å²) in [5, 5.41) is 24.0. The standard InChI is InChI=1S/C27H34N6O6S/c1-18(2)11-12-20(34)23-30-31-25(39-23)40-16-15-32-21(35)17-33(26(32)38)24(37)29-27(13-7-4-8-14-27)28-22(36)19-9-5-3-6-10-19/h3,5-6,9-10,17-18,35H,4,7-8,11-16H2,1-2H3,(H,28,36)(H,29,37). The number of amides is 2. The van der Waals surface area contributed by atoms with Crippen LogP contribution in [0.25, 0.3) is 0 Å². The van der Waals surface area contributed by atoms with E-state index in [9.17, 15) is 24.3 Å². The van der Waals surface area contributed by atoms with E-state index in [0.717, 1.165) is 52.8 Å². The van der Waals surface area contributed by atoms with E-state index in [1.54, 1.807) is 24.3 Å². The molecule has 1 aliphatic rings. The Morgan fingerprint density at radius 2 is 1.82 bits per heavy atom. The molecule has 2 heterocycles. The molecule has 0 spiro atoms. The van der Waals surface area contributed by atoms with Gasteiger partial charge in [0.1, 0.15) is 5.66 Å². The van der Waals surface area contributed by atoms with Crippen LogP contribution < -0.4 is 16.3 Å². The van der Waals surface area contributed by atoms with Gasteiger partial charge in [0.05, 0.1) is 6.20 Å². The molecule has 1 aliphatic carbocycles. The summed E-state index contributed by atoms with van der Waals surface area (Å²) in [6, 6.07) is 7.96. The SMILES string of the molecule is CC(C)CCC(=O)c1nnc(SCCn2c(O)cn(C(=O)NC3(NC(=O)c4ccccc4)CCCCC3)c2=O)o1. The van der Waals surface area contributed by atoms with Crippen LogP contribution in [0.4, 0.5) is 4.79 Å². The van der Waals surface area contributed by atoms with Gasteiger partial charge >= 0.3 is 11.7 Å². The summed E-state index contributed by atoms with van der Waals surface area (Å²) in [6.45, 7) is 4.09. The number of nitrogens with zero attached hydrogens (tertiary/aromatic N) is 4. The summed E-state index contributed by atoms with van der Waals surface area (Å²) < 4.78 is 7.26. The number of aromatic nitrogens is 4. The van der Waals surface area contributed by atoms with Gasteiger partial charge in [-0.1, -0.05) is 50.2 Å². The molecule has 2 aromatic heterocycles. The first-order valence-electron chi connectivity index (χ1n) is 13.4. The van der Waals surface area contributed by atoms with Crippen molar-refractivity contribution in [3.05, 3.63) is 58.5 Å². The highest BCUT2D eigenvalue weighted by Gasteiger charge is 2.36. The number of nitrogens with one attached hydrogen (secondary N) is 2. The van der Waals surface area contributed by atoms with Gasteiger partial charge in [-0.2, -0.15) is 0 Å². The topological polar surface area (TPSA) is 161 Å². The van der Waals surface area contributed by atoms with Crippen molar-refractivity contribution in [3.8, 4) is 5.88 Å². The summed E-state index contributed by atoms with van der Waals surface area (Å²) in [7, 11) is 0. The van der Waals surface area contributed by atoms with Crippen molar-refractivity contribution >= 4 is 29.5 Å². The second-order valence-electron chi connectivity index (χ2n) is 10.3. The Kier molecular flexibility index (Phi) is 9.46. The molecule has 214 valence electrons. The van der Waals surface area contributed by atoms with E-state index >= 15 is 0 Å². The number of aromatic hydroxyl groups is 1. The minimum Gasteiger partial charge on any atom is -0.493 e. The van der Waals surface area contributed by atoms with Gasteiger partial charge in [-0.3, -0.25) is 14.2 Å². The van der Waals surface area contributed by atoms with E-state index in [4.69, 9.17) is 4.42 Å². The number of thioether (sulfide) groups is 1. The molecule has 1 saturated carbocycles. The van der Waals surface area contributed by atoms with E-state index in [1.807, 2.05) is 19.9 Å². The summed E-state index contributed by atoms with van der Waals surface area (Å²) in [6.07, 6.45) is 5.69. The molecule has 0 atom stereocenters. The summed E-state index contributed by atoms with van der Waals surface area (Å²) in [5.41, 5.74) is -1.28. The third-order valence-corrected chi connectivity index (χ3v) is 7.55. The van der Waals surface area contributed by atoms with E-state index < -0.39 is 17.4 Å². The zero-order valence-electron chi connectivity index (χ0n) is 22.6. The van der Waals surface area contributed by atoms with Crippen LogP contribution in [0.2, 0.25) is 0 Å². The van der Waals surface area contributed by atoms with Crippen molar-refractivity contribution in [2.24, 2.45) is 5.92 Å². The van der Waals surface area contributed by atoms with Crippen LogP contribution in [-0.2, 0) is 6.54 Å². The minimum absolute atomic E-state index is 0.0461. The van der Waals surface area contributed by atoms with Crippen molar-refractivity contribution in [2.45, 2.75) is 76.2 Å². The van der Waals surface area contributed by atoms with Crippen LogP contribution in [0.15, 0.2) is 51.0 Å². The first kappa shape index (κ1) is 29.1. The van der Waals surface area contributed by atoms with Crippen LogP contribution in [0.1, 0.15) is 79.8 Å². The number of carbonyl (C=O) groups is 3. The average Bonchev–Trinajstić information content (AvgIpc) is 3.52. The molecule has 0 aliphatic heterocycles. The fraction of sp³-hybridized carbons (Fsp3) is 0.481. The molecular formula is C27H34N6O6S. The Balaban J connectivity index is 1.39. The Morgan fingerprint density at radius 1 is 1.10 bits per heavy atom. The Labute approximate surface area is 235 Å². The number of ketones is 1. The van der Waals surface area contributed by atoms with Crippen LogP contribution in [0.5, 0.6) is 5.88 Å². The van der Waals surface area contributed by atoms with Crippen LogP contribution in [-0.4, -0.2) is 53.6 Å². The fourth-order valence-corrected chi connectivity index (χ4v) is 5.22. The second kappa shape index (κ2) is 13.0. The molecule has 1 aromatic carbocycles. The molecule has 40 heavy (non-hydrogen) atoms. The smallest absolute Gasteiger partial charge is 0.339 e. The quantitative estimate of drug-likeness (QED) is 0.177. The average molecular weight is 571 g/mol. The first-order chi connectivity index (χ1) is 19.2. The van der Waals surface area contributed by atoms with Gasteiger partial charge in [-0.15, -0.1) is 10.2 Å². The number of benzene rings is 1. The number of Topliss-reactive ketones (excluding diaryl/α,β-unsaturated/α-hetero) is 1. The predicted molar refractivity (Wildman–Crippen MR) is 147 cm³/mol. The zero-order chi connectivity index (χ0) is 28.7. The summed E-state index contributed by atoms with van der Waals surface area (Å²) in [4.78, 5) is 51.2. The lowest BCUT2D eigenvalue weighted by molar-refractivity contribution is 0.0842. The highest BCUT2D eigenvalue weighted by Crippen LogP contribution is 2.27. The van der Waals surface area contributed by atoms with Crippen LogP contribution >= 0.6 is 11.8 Å². The molecule has 4 rings (SSSR count). The highest BCUT2D eigenvalue weighted by molar-refractivity contribution is 7.99. The molecule has 0 saturated heterocycles. The van der Waals surface area contributed by atoms with Crippen molar-refractivity contribution < 1.29 is 23.9 Å². The van der Waals surface area contributed by atoms with Gasteiger partial charge in [0, 0.05) is 24.3 Å². The molecule has 3 aromatic rings. The number of hydrogen-bond acceptors (Lipinski definition) is 9. The summed E-state index contributed by atoms with van der Waals surface area (Å²) in [5.74, 6) is -0.344. The highest BCUT2D eigenvalue weighted by atomic mass is 32.2. The van der Waals surface area contributed by atoms with Crippen LogP contribution in [0, 0.1) is 5.92 Å². The Hall–Kier alpha value is -3.87. The molecule has 12 nitrogen and oxygen atoms in total. The predicted octanol–water partition coefficient (Wildman–Crippen LogP) is 3.80. The van der Waals surface area contributed by atoms with Crippen molar-refractivity contribution in [2.75, 3.05) is 5.75 Å². The Bertz CT molecular complexity index is 1390. The van der Waals surface area contributed by atoms with E-state index in [2.05, 4.69) is 20.8 Å². The van der Waals surface area contributed by atoms with Gasteiger partial charge in [-0.05, 0) is 50.2 Å². The third-order valence-electron chi connectivity index (χ3n) is 6.75. The van der Waals surface area contributed by atoms with Gasteiger partial charge < -0.3 is 20.2 Å². The number of hydrogen-bond donors (Lipinski definition) is 3. The van der Waals surface area contributed by atoms with E-state index in [1.165, 1.54) is 0 Å². The van der Waals surface area contributed by atoms with Crippen molar-refractivity contribution in [3.63, 3.8) is 0 Å². The number of imidazole rings is 1. The molecule has 1 fully saturated rings.